The largest absolute Gasteiger partial charge is 0.341 e. The van der Waals surface area contributed by atoms with Crippen molar-refractivity contribution in [3.05, 3.63) is 84.4 Å². The molecule has 1 aliphatic heterocycles. The molecule has 4 rings (SSSR count). The standard InChI is InChI=1S/C26H30N4O/c1-2-14-30-16-15-29(19-21-6-5-11-28-18-21)20-24(26(30)31)17-23-7-3-4-8-25(23)22-9-12-27-13-10-22/h3-13,18,24H,2,14-17,19-20H2,1H3. The third-order valence-electron chi connectivity index (χ3n) is 5.92. The maximum absolute atomic E-state index is 13.5. The van der Waals surface area contributed by atoms with Gasteiger partial charge in [-0.15, -0.1) is 0 Å². The fraction of sp³-hybridized carbons (Fsp3) is 0.346. The number of carbonyl (C=O) groups excluding carboxylic acids is 1. The number of aromatic nitrogens is 2. The van der Waals surface area contributed by atoms with Gasteiger partial charge in [-0.2, -0.15) is 0 Å². The number of nitrogens with zero attached hydrogens (tertiary/aromatic N) is 4. The third-order valence-corrected chi connectivity index (χ3v) is 5.92. The summed E-state index contributed by atoms with van der Waals surface area (Å²) in [7, 11) is 0. The molecule has 5 nitrogen and oxygen atoms in total. The van der Waals surface area contributed by atoms with Gasteiger partial charge in [0.05, 0.1) is 5.92 Å². The first-order valence-electron chi connectivity index (χ1n) is 11.1. The number of rotatable bonds is 7. The molecule has 0 radical (unpaired) electrons. The topological polar surface area (TPSA) is 49.3 Å². The Hall–Kier alpha value is -3.05. The molecular weight excluding hydrogens is 384 g/mol. The minimum absolute atomic E-state index is 0.0614. The van der Waals surface area contributed by atoms with Crippen molar-refractivity contribution < 1.29 is 4.79 Å². The highest BCUT2D eigenvalue weighted by Crippen LogP contribution is 2.27. The Morgan fingerprint density at radius 2 is 1.81 bits per heavy atom. The van der Waals surface area contributed by atoms with Crippen LogP contribution in [0.5, 0.6) is 0 Å². The first kappa shape index (κ1) is 21.2. The van der Waals surface area contributed by atoms with Gasteiger partial charge in [-0.3, -0.25) is 19.7 Å². The summed E-state index contributed by atoms with van der Waals surface area (Å²) < 4.78 is 0. The zero-order valence-electron chi connectivity index (χ0n) is 18.2. The van der Waals surface area contributed by atoms with Gasteiger partial charge >= 0.3 is 0 Å². The number of benzene rings is 1. The van der Waals surface area contributed by atoms with Gasteiger partial charge in [-0.25, -0.2) is 0 Å². The van der Waals surface area contributed by atoms with E-state index in [0.29, 0.717) is 0 Å². The zero-order valence-corrected chi connectivity index (χ0v) is 18.2. The van der Waals surface area contributed by atoms with E-state index in [1.54, 1.807) is 6.20 Å². The van der Waals surface area contributed by atoms with Crippen molar-refractivity contribution in [1.29, 1.82) is 0 Å². The Morgan fingerprint density at radius 3 is 2.58 bits per heavy atom. The van der Waals surface area contributed by atoms with Gasteiger partial charge in [-0.05, 0) is 53.3 Å². The highest BCUT2D eigenvalue weighted by Gasteiger charge is 2.30. The lowest BCUT2D eigenvalue weighted by Gasteiger charge is -2.24. The van der Waals surface area contributed by atoms with E-state index in [1.807, 2.05) is 36.8 Å². The van der Waals surface area contributed by atoms with E-state index >= 15 is 0 Å². The zero-order chi connectivity index (χ0) is 21.5. The molecule has 1 atom stereocenters. The molecule has 5 heteroatoms. The second-order valence-corrected chi connectivity index (χ2v) is 8.22. The third kappa shape index (κ3) is 5.36. The van der Waals surface area contributed by atoms with E-state index in [2.05, 4.69) is 57.0 Å². The van der Waals surface area contributed by atoms with Crippen LogP contribution in [0.15, 0.2) is 73.3 Å². The smallest absolute Gasteiger partial charge is 0.227 e. The van der Waals surface area contributed by atoms with Gasteiger partial charge in [0.1, 0.15) is 0 Å². The fourth-order valence-corrected chi connectivity index (χ4v) is 4.43. The van der Waals surface area contributed by atoms with Gasteiger partial charge in [-0.1, -0.05) is 37.3 Å². The minimum Gasteiger partial charge on any atom is -0.341 e. The maximum atomic E-state index is 13.5. The predicted molar refractivity (Wildman–Crippen MR) is 123 cm³/mol. The highest BCUT2D eigenvalue weighted by atomic mass is 16.2. The Balaban J connectivity index is 1.59. The van der Waals surface area contributed by atoms with Crippen LogP contribution in [-0.2, 0) is 17.8 Å². The lowest BCUT2D eigenvalue weighted by atomic mass is 9.91. The number of carbonyl (C=O) groups is 1. The van der Waals surface area contributed by atoms with E-state index in [9.17, 15) is 4.79 Å². The van der Waals surface area contributed by atoms with Crippen LogP contribution in [0, 0.1) is 5.92 Å². The second kappa shape index (κ2) is 10.3. The van der Waals surface area contributed by atoms with Crippen LogP contribution in [0.1, 0.15) is 24.5 Å². The molecule has 0 bridgehead atoms. The van der Waals surface area contributed by atoms with Crippen molar-refractivity contribution >= 4 is 5.91 Å². The Labute approximate surface area is 184 Å². The molecule has 1 fully saturated rings. The minimum atomic E-state index is -0.0614. The van der Waals surface area contributed by atoms with Crippen molar-refractivity contribution in [2.45, 2.75) is 26.3 Å². The lowest BCUT2D eigenvalue weighted by molar-refractivity contribution is -0.134. The monoisotopic (exact) mass is 414 g/mol. The van der Waals surface area contributed by atoms with Crippen molar-refractivity contribution in [3.63, 3.8) is 0 Å². The molecule has 1 saturated heterocycles. The van der Waals surface area contributed by atoms with Crippen LogP contribution in [0.25, 0.3) is 11.1 Å². The van der Waals surface area contributed by atoms with Gasteiger partial charge < -0.3 is 4.90 Å². The van der Waals surface area contributed by atoms with Crippen molar-refractivity contribution in [3.8, 4) is 11.1 Å². The van der Waals surface area contributed by atoms with Crippen LogP contribution in [0.2, 0.25) is 0 Å². The summed E-state index contributed by atoms with van der Waals surface area (Å²) in [6, 6.07) is 16.6. The summed E-state index contributed by atoms with van der Waals surface area (Å²) in [6.07, 6.45) is 9.08. The van der Waals surface area contributed by atoms with E-state index in [-0.39, 0.29) is 11.8 Å². The number of amides is 1. The maximum Gasteiger partial charge on any atom is 0.227 e. The van der Waals surface area contributed by atoms with Gasteiger partial charge in [0.2, 0.25) is 5.91 Å². The molecular formula is C26H30N4O. The van der Waals surface area contributed by atoms with Crippen molar-refractivity contribution in [2.75, 3.05) is 26.2 Å². The van der Waals surface area contributed by atoms with E-state index in [1.165, 1.54) is 16.7 Å². The summed E-state index contributed by atoms with van der Waals surface area (Å²) in [6.45, 7) is 6.22. The van der Waals surface area contributed by atoms with Crippen LogP contribution in [0.3, 0.4) is 0 Å². The quantitative estimate of drug-likeness (QED) is 0.585. The van der Waals surface area contributed by atoms with Gasteiger partial charge in [0.15, 0.2) is 0 Å². The molecule has 1 aromatic carbocycles. The van der Waals surface area contributed by atoms with E-state index in [0.717, 1.165) is 51.1 Å². The first-order chi connectivity index (χ1) is 15.2. The van der Waals surface area contributed by atoms with E-state index in [4.69, 9.17) is 0 Å². The van der Waals surface area contributed by atoms with Crippen molar-refractivity contribution in [1.82, 2.24) is 19.8 Å². The molecule has 1 unspecified atom stereocenters. The molecule has 0 aliphatic carbocycles. The number of hydrogen-bond acceptors (Lipinski definition) is 4. The average molecular weight is 415 g/mol. The molecule has 0 spiro atoms. The summed E-state index contributed by atoms with van der Waals surface area (Å²) >= 11 is 0. The van der Waals surface area contributed by atoms with Crippen LogP contribution < -0.4 is 0 Å². The van der Waals surface area contributed by atoms with Gasteiger partial charge in [0.25, 0.3) is 0 Å². The SMILES string of the molecule is CCCN1CCN(Cc2cccnc2)CC(Cc2ccccc2-c2ccncc2)C1=O. The Morgan fingerprint density at radius 1 is 0.968 bits per heavy atom. The Kier molecular flexibility index (Phi) is 7.05. The summed E-state index contributed by atoms with van der Waals surface area (Å²) in [5, 5.41) is 0. The average Bonchev–Trinajstić information content (AvgIpc) is 2.95. The Bertz CT molecular complexity index is 977. The molecule has 1 aliphatic rings. The van der Waals surface area contributed by atoms with E-state index < -0.39 is 0 Å². The highest BCUT2D eigenvalue weighted by molar-refractivity contribution is 5.80. The summed E-state index contributed by atoms with van der Waals surface area (Å²) in [5.41, 5.74) is 4.73. The molecule has 2 aromatic heterocycles. The molecule has 0 saturated carbocycles. The van der Waals surface area contributed by atoms with Crippen LogP contribution in [-0.4, -0.2) is 51.9 Å². The molecule has 3 heterocycles. The molecule has 160 valence electrons. The molecule has 0 N–H and O–H groups in total. The van der Waals surface area contributed by atoms with Crippen LogP contribution >= 0.6 is 0 Å². The second-order valence-electron chi connectivity index (χ2n) is 8.22. The number of pyridine rings is 2. The molecule has 3 aromatic rings. The van der Waals surface area contributed by atoms with Gasteiger partial charge in [0, 0.05) is 57.5 Å². The predicted octanol–water partition coefficient (Wildman–Crippen LogP) is 4.06. The lowest BCUT2D eigenvalue weighted by Crippen LogP contribution is -2.37. The van der Waals surface area contributed by atoms with Crippen LogP contribution in [0.4, 0.5) is 0 Å². The summed E-state index contributed by atoms with van der Waals surface area (Å²) in [5.74, 6) is 0.216. The number of hydrogen-bond donors (Lipinski definition) is 0. The van der Waals surface area contributed by atoms with Crippen molar-refractivity contribution in [2.24, 2.45) is 5.92 Å². The summed E-state index contributed by atoms with van der Waals surface area (Å²) in [4.78, 5) is 26.3. The normalized spacial score (nSPS) is 17.5. The first-order valence-corrected chi connectivity index (χ1v) is 11.1. The fourth-order valence-electron chi connectivity index (χ4n) is 4.43. The molecule has 1 amide bonds. The molecule has 31 heavy (non-hydrogen) atoms.